The number of carbonyl (C=O) groups is 5. The van der Waals surface area contributed by atoms with Gasteiger partial charge in [0.15, 0.2) is 8.32 Å². The fourth-order valence-electron chi connectivity index (χ4n) is 10.2. The quantitative estimate of drug-likeness (QED) is 0.00791. The maximum atomic E-state index is 15.6. The molecule has 0 saturated heterocycles. The largest absolute Gasteiger partial charge is 0.481 e. The Bertz CT molecular complexity index is 3050. The number of carbonyl (C=O) groups excluding carboxylic acids is 4. The summed E-state index contributed by atoms with van der Waals surface area (Å²) >= 11 is 0. The SMILES string of the molecule is CC(C)(C)[Si](C)(C)O[C@H](C[C@@H](CCCN=[N+]=[N-])C(=O)O)[C@H](CCC(=O)NC(c1ccccc1)(c1ccccc1)c1ccccc1)NC(=O)[C@H](CC(=O)NC(c1ccccc1)(c1ccccc1)c1ccccc1)NC(=O)OCc1ccccc1. The summed E-state index contributed by atoms with van der Waals surface area (Å²) in [5.74, 6) is -3.97. The van der Waals surface area contributed by atoms with Crippen LogP contribution in [0.3, 0.4) is 0 Å². The van der Waals surface area contributed by atoms with Gasteiger partial charge in [0, 0.05) is 17.9 Å². The molecule has 0 spiro atoms. The van der Waals surface area contributed by atoms with Crippen molar-refractivity contribution in [1.29, 1.82) is 0 Å². The number of aliphatic carboxylic acids is 1. The molecule has 0 bridgehead atoms. The Morgan fingerprint density at radius 3 is 1.36 bits per heavy atom. The zero-order valence-electron chi connectivity index (χ0n) is 47.8. The monoisotopic (exact) mass is 1130 g/mol. The lowest BCUT2D eigenvalue weighted by Gasteiger charge is -2.42. The second-order valence-corrected chi connectivity index (χ2v) is 26.9. The molecule has 0 aliphatic heterocycles. The highest BCUT2D eigenvalue weighted by atomic mass is 28.4. The standard InChI is InChI=1S/C67H75N7O8Si/c1-65(2,3)83(4,5)82-59(46-50(63(78)79)30-27-45-69-74-68)57(43-44-60(75)72-66(51-31-15-7-16-32-51,52-33-17-8-18-34-52)53-35-19-9-20-36-53)70-62(77)58(71-64(80)81-48-49-28-13-6-14-29-49)47-61(76)73-67(54-37-21-10-22-38-54,55-39-23-11-24-40-55)56-41-25-12-26-42-56/h6-26,28-29,31-42,50,57-59H,27,30,43-48H2,1-5H3,(H,70,77)(H,71,80)(H,72,75)(H,73,76)(H,78,79)/t50-,57+,58+,59-/m1/s1. The number of hydrogen-bond acceptors (Lipinski definition) is 8. The molecule has 7 aromatic rings. The zero-order valence-corrected chi connectivity index (χ0v) is 48.8. The summed E-state index contributed by atoms with van der Waals surface area (Å²) in [6.45, 7) is 10.1. The number of ether oxygens (including phenoxy) is 1. The van der Waals surface area contributed by atoms with E-state index in [4.69, 9.17) is 14.7 Å². The number of amides is 4. The van der Waals surface area contributed by atoms with Gasteiger partial charge >= 0.3 is 12.1 Å². The predicted octanol–water partition coefficient (Wildman–Crippen LogP) is 12.7. The van der Waals surface area contributed by atoms with Crippen molar-refractivity contribution in [2.75, 3.05) is 6.54 Å². The van der Waals surface area contributed by atoms with E-state index in [2.05, 4.69) is 31.3 Å². The van der Waals surface area contributed by atoms with Crippen molar-refractivity contribution in [3.63, 3.8) is 0 Å². The summed E-state index contributed by atoms with van der Waals surface area (Å²) in [7, 11) is -2.87. The Labute approximate surface area is 488 Å². The van der Waals surface area contributed by atoms with Crippen LogP contribution in [-0.2, 0) is 46.0 Å². The van der Waals surface area contributed by atoms with Gasteiger partial charge in [-0.2, -0.15) is 0 Å². The van der Waals surface area contributed by atoms with Gasteiger partial charge < -0.3 is 35.5 Å². The van der Waals surface area contributed by atoms with Gasteiger partial charge in [0.25, 0.3) is 0 Å². The number of nitrogens with one attached hydrogen (secondary N) is 4. The number of azide groups is 1. The van der Waals surface area contributed by atoms with Crippen molar-refractivity contribution in [3.8, 4) is 0 Å². The summed E-state index contributed by atoms with van der Waals surface area (Å²) in [4.78, 5) is 76.1. The van der Waals surface area contributed by atoms with Crippen molar-refractivity contribution in [2.24, 2.45) is 11.0 Å². The second-order valence-electron chi connectivity index (χ2n) is 22.2. The smallest absolute Gasteiger partial charge is 0.408 e. The highest BCUT2D eigenvalue weighted by Crippen LogP contribution is 2.41. The highest BCUT2D eigenvalue weighted by molar-refractivity contribution is 6.74. The summed E-state index contributed by atoms with van der Waals surface area (Å²) in [5.41, 5.74) is 11.8. The first-order valence-corrected chi connectivity index (χ1v) is 31.0. The Hall–Kier alpha value is -8.82. The molecular weight excluding hydrogens is 1060 g/mol. The van der Waals surface area contributed by atoms with Crippen molar-refractivity contribution >= 4 is 38.1 Å². The number of hydrogen-bond donors (Lipinski definition) is 5. The predicted molar refractivity (Wildman–Crippen MR) is 325 cm³/mol. The summed E-state index contributed by atoms with van der Waals surface area (Å²) in [6, 6.07) is 63.7. The number of carboxylic acids is 1. The van der Waals surface area contributed by atoms with Crippen LogP contribution < -0.4 is 21.3 Å². The molecule has 0 radical (unpaired) electrons. The Kier molecular flexibility index (Phi) is 21.8. The van der Waals surface area contributed by atoms with Crippen molar-refractivity contribution in [3.05, 3.63) is 262 Å². The topological polar surface area (TPSA) is 221 Å². The van der Waals surface area contributed by atoms with Gasteiger partial charge in [-0.1, -0.05) is 238 Å². The number of carboxylic acid groups (broad SMARTS) is 1. The van der Waals surface area contributed by atoms with E-state index in [0.29, 0.717) is 5.56 Å². The second kappa shape index (κ2) is 29.2. The van der Waals surface area contributed by atoms with Gasteiger partial charge in [0.2, 0.25) is 17.7 Å². The molecule has 83 heavy (non-hydrogen) atoms. The fourth-order valence-corrected chi connectivity index (χ4v) is 11.6. The van der Waals surface area contributed by atoms with Crippen LogP contribution in [0.25, 0.3) is 10.4 Å². The third kappa shape index (κ3) is 16.2. The van der Waals surface area contributed by atoms with Gasteiger partial charge in [0.05, 0.1) is 24.5 Å². The molecule has 7 rings (SSSR count). The van der Waals surface area contributed by atoms with Crippen molar-refractivity contribution in [2.45, 2.75) is 113 Å². The summed E-state index contributed by atoms with van der Waals surface area (Å²) < 4.78 is 12.9. The molecule has 16 heteroatoms. The van der Waals surface area contributed by atoms with Gasteiger partial charge in [-0.25, -0.2) is 4.79 Å². The lowest BCUT2D eigenvalue weighted by Crippen LogP contribution is -2.57. The highest BCUT2D eigenvalue weighted by Gasteiger charge is 2.45. The minimum absolute atomic E-state index is 0.0657. The van der Waals surface area contributed by atoms with E-state index in [9.17, 15) is 14.7 Å². The Morgan fingerprint density at radius 1 is 0.578 bits per heavy atom. The molecule has 7 aromatic carbocycles. The molecule has 0 saturated carbocycles. The molecular formula is C67H75N7O8Si. The Balaban J connectivity index is 1.31. The van der Waals surface area contributed by atoms with Crippen LogP contribution in [-0.4, -0.2) is 67.9 Å². The molecule has 15 nitrogen and oxygen atoms in total. The third-order valence-electron chi connectivity index (χ3n) is 15.6. The van der Waals surface area contributed by atoms with E-state index in [1.54, 1.807) is 24.3 Å². The van der Waals surface area contributed by atoms with E-state index in [1.165, 1.54) is 0 Å². The molecule has 0 aliphatic carbocycles. The van der Waals surface area contributed by atoms with Crippen LogP contribution in [0, 0.1) is 5.92 Å². The fraction of sp³-hybridized carbons (Fsp3) is 0.299. The van der Waals surface area contributed by atoms with Gasteiger partial charge in [0.1, 0.15) is 23.7 Å². The normalized spacial score (nSPS) is 13.2. The number of nitrogens with zero attached hydrogens (tertiary/aromatic N) is 3. The van der Waals surface area contributed by atoms with Crippen molar-refractivity contribution in [1.82, 2.24) is 21.3 Å². The molecule has 0 heterocycles. The summed E-state index contributed by atoms with van der Waals surface area (Å²) in [5, 5.41) is 26.6. The maximum Gasteiger partial charge on any atom is 0.408 e. The minimum atomic E-state index is -2.87. The van der Waals surface area contributed by atoms with Crippen LogP contribution in [0.5, 0.6) is 0 Å². The van der Waals surface area contributed by atoms with Crippen LogP contribution in [0.2, 0.25) is 18.1 Å². The number of alkyl carbamates (subject to hydrolysis) is 1. The Morgan fingerprint density at radius 2 is 0.976 bits per heavy atom. The van der Waals surface area contributed by atoms with E-state index in [-0.39, 0.29) is 45.3 Å². The molecule has 430 valence electrons. The van der Waals surface area contributed by atoms with Crippen LogP contribution >= 0.6 is 0 Å². The van der Waals surface area contributed by atoms with Gasteiger partial charge in [-0.05, 0) is 88.3 Å². The van der Waals surface area contributed by atoms with E-state index in [1.807, 2.05) is 222 Å². The third-order valence-corrected chi connectivity index (χ3v) is 20.1. The van der Waals surface area contributed by atoms with Crippen molar-refractivity contribution < 1.29 is 38.2 Å². The zero-order chi connectivity index (χ0) is 59.3. The average molecular weight is 1130 g/mol. The first kappa shape index (κ1) is 61.8. The molecule has 4 atom stereocenters. The van der Waals surface area contributed by atoms with E-state index in [0.717, 1.165) is 33.4 Å². The first-order chi connectivity index (χ1) is 40.0. The lowest BCUT2D eigenvalue weighted by atomic mass is 9.77. The molecule has 0 unspecified atom stereocenters. The van der Waals surface area contributed by atoms with E-state index >= 15 is 14.4 Å². The average Bonchev–Trinajstić information content (AvgIpc) is 2.58. The van der Waals surface area contributed by atoms with Crippen LogP contribution in [0.15, 0.2) is 217 Å². The van der Waals surface area contributed by atoms with Crippen LogP contribution in [0.4, 0.5) is 4.79 Å². The summed E-state index contributed by atoms with van der Waals surface area (Å²) in [6.07, 6.45) is -2.61. The van der Waals surface area contributed by atoms with E-state index < -0.39 is 84.7 Å². The van der Waals surface area contributed by atoms with Gasteiger partial charge in [-0.3, -0.25) is 19.2 Å². The van der Waals surface area contributed by atoms with Crippen LogP contribution in [0.1, 0.15) is 98.2 Å². The molecule has 0 aromatic heterocycles. The minimum Gasteiger partial charge on any atom is -0.481 e. The lowest BCUT2D eigenvalue weighted by molar-refractivity contribution is -0.143. The maximum absolute atomic E-state index is 15.6. The first-order valence-electron chi connectivity index (χ1n) is 28.1. The van der Waals surface area contributed by atoms with Gasteiger partial charge in [-0.15, -0.1) is 0 Å². The molecule has 0 fully saturated rings. The molecule has 0 aliphatic rings. The molecule has 5 N–H and O–H groups in total. The number of benzene rings is 7. The molecule has 4 amide bonds. The number of rotatable bonds is 28.